The summed E-state index contributed by atoms with van der Waals surface area (Å²) in [4.78, 5) is 11.3. The standard InChI is InChI=1S/C9H17NO2/c1-6(2)7(3)10-8(11)9(12)4-5-9/h6-7,12H,4-5H2,1-3H3,(H,10,11)/t7-/m1/s1. The van der Waals surface area contributed by atoms with Crippen molar-refractivity contribution in [1.29, 1.82) is 0 Å². The Morgan fingerprint density at radius 3 is 2.25 bits per heavy atom. The highest BCUT2D eigenvalue weighted by Gasteiger charge is 2.48. The van der Waals surface area contributed by atoms with E-state index in [0.717, 1.165) is 0 Å². The lowest BCUT2D eigenvalue weighted by molar-refractivity contribution is -0.132. The molecule has 0 unspecified atom stereocenters. The van der Waals surface area contributed by atoms with Crippen LogP contribution < -0.4 is 5.32 Å². The smallest absolute Gasteiger partial charge is 0.252 e. The minimum Gasteiger partial charge on any atom is -0.380 e. The fraction of sp³-hybridized carbons (Fsp3) is 0.889. The van der Waals surface area contributed by atoms with Crippen molar-refractivity contribution in [3.05, 3.63) is 0 Å². The van der Waals surface area contributed by atoms with E-state index in [2.05, 4.69) is 5.32 Å². The summed E-state index contributed by atoms with van der Waals surface area (Å²) in [5, 5.41) is 12.2. The van der Waals surface area contributed by atoms with Crippen molar-refractivity contribution in [1.82, 2.24) is 5.32 Å². The predicted molar refractivity (Wildman–Crippen MR) is 46.6 cm³/mol. The third-order valence-electron chi connectivity index (χ3n) is 2.51. The van der Waals surface area contributed by atoms with Crippen molar-refractivity contribution >= 4 is 5.91 Å². The highest BCUT2D eigenvalue weighted by atomic mass is 16.3. The van der Waals surface area contributed by atoms with Crippen molar-refractivity contribution in [2.75, 3.05) is 0 Å². The first kappa shape index (κ1) is 9.52. The number of hydrogen-bond acceptors (Lipinski definition) is 2. The van der Waals surface area contributed by atoms with Crippen LogP contribution in [0, 0.1) is 5.92 Å². The van der Waals surface area contributed by atoms with Crippen molar-refractivity contribution in [2.45, 2.75) is 45.3 Å². The fourth-order valence-electron chi connectivity index (χ4n) is 0.853. The average molecular weight is 171 g/mol. The van der Waals surface area contributed by atoms with Gasteiger partial charge in [0.05, 0.1) is 0 Å². The summed E-state index contributed by atoms with van der Waals surface area (Å²) in [5.41, 5.74) is -1.02. The summed E-state index contributed by atoms with van der Waals surface area (Å²) in [6.45, 7) is 6.04. The highest BCUT2D eigenvalue weighted by Crippen LogP contribution is 2.35. The zero-order chi connectivity index (χ0) is 9.35. The van der Waals surface area contributed by atoms with Crippen LogP contribution in [-0.2, 0) is 4.79 Å². The lowest BCUT2D eigenvalue weighted by Gasteiger charge is -2.19. The van der Waals surface area contributed by atoms with E-state index >= 15 is 0 Å². The van der Waals surface area contributed by atoms with Crippen LogP contribution in [-0.4, -0.2) is 22.7 Å². The van der Waals surface area contributed by atoms with E-state index < -0.39 is 5.60 Å². The third kappa shape index (κ3) is 1.97. The molecule has 0 heterocycles. The van der Waals surface area contributed by atoms with Gasteiger partial charge in [-0.2, -0.15) is 0 Å². The molecule has 1 saturated carbocycles. The molecule has 70 valence electrons. The van der Waals surface area contributed by atoms with E-state index in [0.29, 0.717) is 18.8 Å². The zero-order valence-corrected chi connectivity index (χ0v) is 7.92. The minimum absolute atomic E-state index is 0.141. The first-order chi connectivity index (χ1) is 5.46. The van der Waals surface area contributed by atoms with E-state index in [1.807, 2.05) is 20.8 Å². The summed E-state index contributed by atoms with van der Waals surface area (Å²) in [6.07, 6.45) is 1.23. The Kier molecular flexibility index (Phi) is 2.42. The molecule has 0 saturated heterocycles. The Morgan fingerprint density at radius 2 is 1.92 bits per heavy atom. The number of rotatable bonds is 3. The second-order valence-corrected chi connectivity index (χ2v) is 4.04. The Bertz CT molecular complexity index is 185. The van der Waals surface area contributed by atoms with E-state index in [-0.39, 0.29) is 11.9 Å². The lowest BCUT2D eigenvalue weighted by atomic mass is 10.1. The van der Waals surface area contributed by atoms with Crippen molar-refractivity contribution in [3.63, 3.8) is 0 Å². The molecule has 0 aliphatic heterocycles. The van der Waals surface area contributed by atoms with Crippen LogP contribution in [0.1, 0.15) is 33.6 Å². The maximum absolute atomic E-state index is 11.3. The summed E-state index contributed by atoms with van der Waals surface area (Å²) in [7, 11) is 0. The molecule has 0 spiro atoms. The van der Waals surface area contributed by atoms with Crippen LogP contribution in [0.4, 0.5) is 0 Å². The maximum atomic E-state index is 11.3. The molecule has 1 atom stereocenters. The van der Waals surface area contributed by atoms with Crippen LogP contribution in [0.25, 0.3) is 0 Å². The van der Waals surface area contributed by atoms with Gasteiger partial charge in [0.1, 0.15) is 5.60 Å². The molecule has 1 fully saturated rings. The third-order valence-corrected chi connectivity index (χ3v) is 2.51. The van der Waals surface area contributed by atoms with Gasteiger partial charge < -0.3 is 10.4 Å². The second-order valence-electron chi connectivity index (χ2n) is 4.04. The Morgan fingerprint density at radius 1 is 1.42 bits per heavy atom. The molecule has 1 aliphatic carbocycles. The van der Waals surface area contributed by atoms with Crippen LogP contribution in [0.5, 0.6) is 0 Å². The van der Waals surface area contributed by atoms with Gasteiger partial charge in [-0.3, -0.25) is 4.79 Å². The predicted octanol–water partition coefficient (Wildman–Crippen LogP) is 0.672. The van der Waals surface area contributed by atoms with Gasteiger partial charge in [-0.25, -0.2) is 0 Å². The molecule has 3 heteroatoms. The Hall–Kier alpha value is -0.570. The normalized spacial score (nSPS) is 22.1. The maximum Gasteiger partial charge on any atom is 0.252 e. The average Bonchev–Trinajstić information content (AvgIpc) is 2.69. The molecular formula is C9H17NO2. The van der Waals surface area contributed by atoms with Gasteiger partial charge in [0.2, 0.25) is 0 Å². The molecule has 1 rings (SSSR count). The first-order valence-corrected chi connectivity index (χ1v) is 4.49. The van der Waals surface area contributed by atoms with Crippen LogP contribution >= 0.6 is 0 Å². The van der Waals surface area contributed by atoms with Crippen molar-refractivity contribution in [3.8, 4) is 0 Å². The van der Waals surface area contributed by atoms with Crippen LogP contribution in [0.2, 0.25) is 0 Å². The molecular weight excluding hydrogens is 154 g/mol. The van der Waals surface area contributed by atoms with E-state index in [1.54, 1.807) is 0 Å². The van der Waals surface area contributed by atoms with Gasteiger partial charge >= 0.3 is 0 Å². The number of hydrogen-bond donors (Lipinski definition) is 2. The van der Waals surface area contributed by atoms with Gasteiger partial charge in [0.25, 0.3) is 5.91 Å². The van der Waals surface area contributed by atoms with Crippen LogP contribution in [0.15, 0.2) is 0 Å². The van der Waals surface area contributed by atoms with Crippen molar-refractivity contribution in [2.24, 2.45) is 5.92 Å². The minimum atomic E-state index is -1.02. The molecule has 0 aromatic carbocycles. The van der Waals surface area contributed by atoms with Gasteiger partial charge in [-0.1, -0.05) is 13.8 Å². The molecule has 1 amide bonds. The summed E-state index contributed by atoms with van der Waals surface area (Å²) < 4.78 is 0. The van der Waals surface area contributed by atoms with Crippen molar-refractivity contribution < 1.29 is 9.90 Å². The number of amides is 1. The molecule has 2 N–H and O–H groups in total. The Balaban J connectivity index is 2.36. The second kappa shape index (κ2) is 3.05. The van der Waals surface area contributed by atoms with E-state index in [1.165, 1.54) is 0 Å². The SMILES string of the molecule is CC(C)[C@@H](C)NC(=O)C1(O)CC1. The fourth-order valence-corrected chi connectivity index (χ4v) is 0.853. The highest BCUT2D eigenvalue weighted by molar-refractivity contribution is 5.87. The molecule has 0 aromatic heterocycles. The Labute approximate surface area is 73.2 Å². The van der Waals surface area contributed by atoms with Gasteiger partial charge in [0, 0.05) is 6.04 Å². The zero-order valence-electron chi connectivity index (χ0n) is 7.92. The van der Waals surface area contributed by atoms with Gasteiger partial charge in [-0.05, 0) is 25.7 Å². The van der Waals surface area contributed by atoms with E-state index in [9.17, 15) is 9.90 Å². The van der Waals surface area contributed by atoms with Crippen LogP contribution in [0.3, 0.4) is 0 Å². The lowest BCUT2D eigenvalue weighted by Crippen LogP contribution is -2.43. The van der Waals surface area contributed by atoms with Gasteiger partial charge in [0.15, 0.2) is 0 Å². The molecule has 0 aromatic rings. The monoisotopic (exact) mass is 171 g/mol. The molecule has 0 radical (unpaired) electrons. The topological polar surface area (TPSA) is 49.3 Å². The molecule has 1 aliphatic rings. The van der Waals surface area contributed by atoms with E-state index in [4.69, 9.17) is 0 Å². The molecule has 12 heavy (non-hydrogen) atoms. The number of nitrogens with one attached hydrogen (secondary N) is 1. The van der Waals surface area contributed by atoms with Gasteiger partial charge in [-0.15, -0.1) is 0 Å². The number of aliphatic hydroxyl groups is 1. The number of carbonyl (C=O) groups is 1. The number of carbonyl (C=O) groups excluding carboxylic acids is 1. The molecule has 0 bridgehead atoms. The quantitative estimate of drug-likeness (QED) is 0.655. The molecule has 3 nitrogen and oxygen atoms in total. The first-order valence-electron chi connectivity index (χ1n) is 4.49. The summed E-state index contributed by atoms with van der Waals surface area (Å²) >= 11 is 0. The summed E-state index contributed by atoms with van der Waals surface area (Å²) in [5.74, 6) is 0.208. The largest absolute Gasteiger partial charge is 0.380 e. The summed E-state index contributed by atoms with van der Waals surface area (Å²) in [6, 6.07) is 0.141.